The number of nitrogens with zero attached hydrogens (tertiary/aromatic N) is 3. The Kier molecular flexibility index (Phi) is 4.57. The number of fused-ring (bicyclic) bond motifs is 1. The lowest BCUT2D eigenvalue weighted by Gasteiger charge is -2.05. The summed E-state index contributed by atoms with van der Waals surface area (Å²) in [5, 5.41) is 7.16. The summed E-state index contributed by atoms with van der Waals surface area (Å²) in [5.41, 5.74) is 1.14. The van der Waals surface area contributed by atoms with Crippen molar-refractivity contribution < 1.29 is 14.3 Å². The highest BCUT2D eigenvalue weighted by Crippen LogP contribution is 2.15. The molecule has 1 N–H and O–H groups in total. The van der Waals surface area contributed by atoms with Crippen LogP contribution in [-0.4, -0.2) is 26.5 Å². The number of ether oxygens (including phenoxy) is 1. The molecular formula is C16H14N4O4S. The van der Waals surface area contributed by atoms with Crippen molar-refractivity contribution in [2.75, 3.05) is 5.32 Å². The van der Waals surface area contributed by atoms with Gasteiger partial charge in [-0.05, 0) is 25.1 Å². The van der Waals surface area contributed by atoms with Gasteiger partial charge in [0.2, 0.25) is 10.9 Å². The number of carbonyl (C=O) groups is 2. The van der Waals surface area contributed by atoms with Crippen LogP contribution in [0.4, 0.5) is 5.69 Å². The fraction of sp³-hybridized carbons (Fsp3) is 0.188. The van der Waals surface area contributed by atoms with Gasteiger partial charge in [0.1, 0.15) is 6.61 Å². The molecule has 128 valence electrons. The van der Waals surface area contributed by atoms with Crippen LogP contribution in [0.3, 0.4) is 0 Å². The lowest BCUT2D eigenvalue weighted by Crippen LogP contribution is -2.14. The molecule has 25 heavy (non-hydrogen) atoms. The number of anilines is 1. The number of rotatable bonds is 4. The molecule has 0 saturated heterocycles. The van der Waals surface area contributed by atoms with E-state index in [1.54, 1.807) is 25.1 Å². The smallest absolute Gasteiger partial charge is 0.338 e. The molecular weight excluding hydrogens is 344 g/mol. The molecule has 1 amide bonds. The Morgan fingerprint density at radius 2 is 2.12 bits per heavy atom. The quantitative estimate of drug-likeness (QED) is 0.713. The van der Waals surface area contributed by atoms with Crippen molar-refractivity contribution in [3.63, 3.8) is 0 Å². The fourth-order valence-electron chi connectivity index (χ4n) is 2.16. The molecule has 3 rings (SSSR count). The summed E-state index contributed by atoms with van der Waals surface area (Å²) in [6.45, 7) is 3.04. The molecule has 0 aliphatic carbocycles. The average Bonchev–Trinajstić information content (AvgIpc) is 2.95. The molecule has 2 aromatic heterocycles. The number of aryl methyl sites for hydroxylation is 1. The highest BCUT2D eigenvalue weighted by atomic mass is 32.1. The second-order valence-electron chi connectivity index (χ2n) is 5.26. The lowest BCUT2D eigenvalue weighted by atomic mass is 10.2. The molecule has 9 heteroatoms. The zero-order valence-corrected chi connectivity index (χ0v) is 14.3. The summed E-state index contributed by atoms with van der Waals surface area (Å²) in [4.78, 5) is 39.7. The Balaban J connectivity index is 1.73. The van der Waals surface area contributed by atoms with Gasteiger partial charge < -0.3 is 10.1 Å². The largest absolute Gasteiger partial charge is 0.455 e. The summed E-state index contributed by atoms with van der Waals surface area (Å²) in [6, 6.07) is 7.81. The van der Waals surface area contributed by atoms with Crippen LogP contribution < -0.4 is 10.9 Å². The van der Waals surface area contributed by atoms with Crippen LogP contribution in [-0.2, 0) is 16.1 Å². The number of esters is 1. The first kappa shape index (κ1) is 16.8. The molecule has 0 fully saturated rings. The van der Waals surface area contributed by atoms with Crippen LogP contribution in [0, 0.1) is 6.92 Å². The third-order valence-electron chi connectivity index (χ3n) is 3.16. The van der Waals surface area contributed by atoms with Gasteiger partial charge in [-0.15, -0.1) is 0 Å². The lowest BCUT2D eigenvalue weighted by molar-refractivity contribution is -0.114. The minimum absolute atomic E-state index is 0.0737. The SMILES string of the molecule is CC(=O)Nc1cccc(C(=O)OCc2nn3c(=O)cc(C)nc3s2)c1. The molecule has 0 atom stereocenters. The van der Waals surface area contributed by atoms with E-state index in [1.807, 2.05) is 0 Å². The van der Waals surface area contributed by atoms with Crippen molar-refractivity contribution in [3.8, 4) is 0 Å². The van der Waals surface area contributed by atoms with E-state index in [9.17, 15) is 14.4 Å². The second kappa shape index (κ2) is 6.81. The number of amides is 1. The minimum atomic E-state index is -0.553. The van der Waals surface area contributed by atoms with E-state index in [0.29, 0.717) is 26.9 Å². The van der Waals surface area contributed by atoms with Crippen molar-refractivity contribution in [1.29, 1.82) is 0 Å². The van der Waals surface area contributed by atoms with Crippen molar-refractivity contribution in [2.45, 2.75) is 20.5 Å². The molecule has 0 saturated carbocycles. The van der Waals surface area contributed by atoms with Crippen LogP contribution in [0.1, 0.15) is 28.0 Å². The van der Waals surface area contributed by atoms with Gasteiger partial charge in [0.15, 0.2) is 5.01 Å². The summed E-state index contributed by atoms with van der Waals surface area (Å²) in [7, 11) is 0. The Morgan fingerprint density at radius 3 is 2.88 bits per heavy atom. The van der Waals surface area contributed by atoms with Gasteiger partial charge in [-0.3, -0.25) is 9.59 Å². The zero-order valence-electron chi connectivity index (χ0n) is 13.5. The van der Waals surface area contributed by atoms with Gasteiger partial charge >= 0.3 is 5.97 Å². The van der Waals surface area contributed by atoms with Gasteiger partial charge in [0, 0.05) is 24.4 Å². The summed E-state index contributed by atoms with van der Waals surface area (Å²) < 4.78 is 6.41. The second-order valence-corrected chi connectivity index (χ2v) is 6.30. The monoisotopic (exact) mass is 358 g/mol. The van der Waals surface area contributed by atoms with Crippen LogP contribution in [0.5, 0.6) is 0 Å². The topological polar surface area (TPSA) is 103 Å². The highest BCUT2D eigenvalue weighted by molar-refractivity contribution is 7.16. The maximum atomic E-state index is 12.2. The molecule has 0 aliphatic heterocycles. The third-order valence-corrected chi connectivity index (χ3v) is 4.04. The number of nitrogens with one attached hydrogen (secondary N) is 1. The van der Waals surface area contributed by atoms with Gasteiger partial charge in [0.05, 0.1) is 5.56 Å². The van der Waals surface area contributed by atoms with E-state index in [4.69, 9.17) is 4.74 Å². The molecule has 3 aromatic rings. The van der Waals surface area contributed by atoms with Gasteiger partial charge in [0.25, 0.3) is 5.56 Å². The summed E-state index contributed by atoms with van der Waals surface area (Å²) >= 11 is 1.18. The molecule has 0 bridgehead atoms. The van der Waals surface area contributed by atoms with E-state index in [0.717, 1.165) is 0 Å². The number of benzene rings is 1. The van der Waals surface area contributed by atoms with E-state index in [-0.39, 0.29) is 18.1 Å². The zero-order chi connectivity index (χ0) is 18.0. The minimum Gasteiger partial charge on any atom is -0.455 e. The standard InChI is InChI=1S/C16H14N4O4S/c1-9-6-14(22)20-16(17-9)25-13(19-20)8-24-15(23)11-4-3-5-12(7-11)18-10(2)21/h3-7H,8H2,1-2H3,(H,18,21). The van der Waals surface area contributed by atoms with Crippen molar-refractivity contribution in [3.05, 3.63) is 57.0 Å². The van der Waals surface area contributed by atoms with E-state index in [1.165, 1.54) is 34.9 Å². The average molecular weight is 358 g/mol. The van der Waals surface area contributed by atoms with Crippen molar-refractivity contribution in [1.82, 2.24) is 14.6 Å². The van der Waals surface area contributed by atoms with E-state index < -0.39 is 5.97 Å². The van der Waals surface area contributed by atoms with Crippen molar-refractivity contribution >= 4 is 33.9 Å². The summed E-state index contributed by atoms with van der Waals surface area (Å²) in [5.74, 6) is -0.781. The molecule has 8 nitrogen and oxygen atoms in total. The van der Waals surface area contributed by atoms with Gasteiger partial charge in [-0.1, -0.05) is 17.4 Å². The Labute approximate surface area is 146 Å². The molecule has 2 heterocycles. The predicted molar refractivity (Wildman–Crippen MR) is 91.7 cm³/mol. The Hall–Kier alpha value is -3.07. The van der Waals surface area contributed by atoms with Gasteiger partial charge in [-0.2, -0.15) is 9.61 Å². The highest BCUT2D eigenvalue weighted by Gasteiger charge is 2.12. The maximum absolute atomic E-state index is 12.2. The van der Waals surface area contributed by atoms with E-state index >= 15 is 0 Å². The maximum Gasteiger partial charge on any atom is 0.338 e. The number of carbonyl (C=O) groups excluding carboxylic acids is 2. The number of hydrogen-bond donors (Lipinski definition) is 1. The third kappa shape index (κ3) is 3.89. The number of hydrogen-bond acceptors (Lipinski definition) is 7. The summed E-state index contributed by atoms with van der Waals surface area (Å²) in [6.07, 6.45) is 0. The van der Waals surface area contributed by atoms with Crippen LogP contribution >= 0.6 is 11.3 Å². The molecule has 1 aromatic carbocycles. The molecule has 0 spiro atoms. The fourth-order valence-corrected chi connectivity index (χ4v) is 3.01. The molecule has 0 aliphatic rings. The van der Waals surface area contributed by atoms with Crippen molar-refractivity contribution in [2.24, 2.45) is 0 Å². The van der Waals surface area contributed by atoms with Crippen LogP contribution in [0.25, 0.3) is 4.96 Å². The number of aromatic nitrogens is 3. The van der Waals surface area contributed by atoms with E-state index in [2.05, 4.69) is 15.4 Å². The predicted octanol–water partition coefficient (Wildman–Crippen LogP) is 1.77. The Bertz CT molecular complexity index is 1020. The van der Waals surface area contributed by atoms with Crippen LogP contribution in [0.2, 0.25) is 0 Å². The normalized spacial score (nSPS) is 10.6. The van der Waals surface area contributed by atoms with Gasteiger partial charge in [-0.25, -0.2) is 9.78 Å². The molecule has 0 unspecified atom stereocenters. The van der Waals surface area contributed by atoms with Crippen LogP contribution in [0.15, 0.2) is 35.1 Å². The first-order valence-corrected chi connectivity index (χ1v) is 8.15. The first-order valence-electron chi connectivity index (χ1n) is 7.33. The first-order chi connectivity index (χ1) is 11.9. The molecule has 0 radical (unpaired) electrons. The Morgan fingerprint density at radius 1 is 1.32 bits per heavy atom.